The fraction of sp³-hybridized carbons (Fsp3) is 0.636. The van der Waals surface area contributed by atoms with Gasteiger partial charge in [-0.15, -0.1) is 0 Å². The maximum Gasteiger partial charge on any atom is 0.0945 e. The molecule has 0 aliphatic rings. The molecule has 0 fully saturated rings. The Morgan fingerprint density at radius 3 is 2.87 bits per heavy atom. The molecule has 1 atom stereocenters. The zero-order valence-electron chi connectivity index (χ0n) is 9.27. The summed E-state index contributed by atoms with van der Waals surface area (Å²) in [5, 5.41) is 16.7. The first-order valence-corrected chi connectivity index (χ1v) is 6.14. The van der Waals surface area contributed by atoms with Crippen molar-refractivity contribution in [1.82, 2.24) is 0 Å². The van der Waals surface area contributed by atoms with Crippen LogP contribution in [0.15, 0.2) is 16.8 Å². The number of nitrogens with one attached hydrogen (secondary N) is 1. The van der Waals surface area contributed by atoms with Crippen molar-refractivity contribution in [3.63, 3.8) is 0 Å². The maximum absolute atomic E-state index is 9.58. The number of ether oxygens (including phenoxy) is 1. The van der Waals surface area contributed by atoms with Gasteiger partial charge in [-0.2, -0.15) is 11.3 Å². The third kappa shape index (κ3) is 5.77. The number of hydrogen-bond acceptors (Lipinski definition) is 4. The Balaban J connectivity index is 2.06. The van der Waals surface area contributed by atoms with E-state index in [9.17, 15) is 5.11 Å². The van der Waals surface area contributed by atoms with Gasteiger partial charge >= 0.3 is 0 Å². The van der Waals surface area contributed by atoms with Crippen LogP contribution in [0.3, 0.4) is 0 Å². The number of anilines is 1. The number of aliphatic hydroxyl groups excluding tert-OH is 1. The van der Waals surface area contributed by atoms with Crippen LogP contribution in [-0.4, -0.2) is 31.0 Å². The third-order valence-corrected chi connectivity index (χ3v) is 2.51. The van der Waals surface area contributed by atoms with E-state index >= 15 is 0 Å². The molecule has 0 amide bonds. The van der Waals surface area contributed by atoms with E-state index in [0.29, 0.717) is 25.7 Å². The van der Waals surface area contributed by atoms with Gasteiger partial charge in [0.2, 0.25) is 0 Å². The zero-order chi connectivity index (χ0) is 11.1. The van der Waals surface area contributed by atoms with E-state index in [1.54, 1.807) is 11.3 Å². The molecule has 0 bridgehead atoms. The Morgan fingerprint density at radius 2 is 2.27 bits per heavy atom. The first-order valence-electron chi connectivity index (χ1n) is 5.20. The molecule has 3 nitrogen and oxygen atoms in total. The summed E-state index contributed by atoms with van der Waals surface area (Å²) >= 11 is 1.64. The van der Waals surface area contributed by atoms with Crippen molar-refractivity contribution in [3.05, 3.63) is 16.8 Å². The van der Waals surface area contributed by atoms with Crippen molar-refractivity contribution >= 4 is 17.0 Å². The Bertz CT molecular complexity index is 249. The molecule has 1 heterocycles. The van der Waals surface area contributed by atoms with Gasteiger partial charge in [-0.05, 0) is 17.4 Å². The summed E-state index contributed by atoms with van der Waals surface area (Å²) in [6.07, 6.45) is -0.441. The van der Waals surface area contributed by atoms with Gasteiger partial charge in [0.15, 0.2) is 0 Å². The normalized spacial score (nSPS) is 13.1. The molecule has 15 heavy (non-hydrogen) atoms. The van der Waals surface area contributed by atoms with Crippen molar-refractivity contribution in [2.45, 2.75) is 20.0 Å². The van der Waals surface area contributed by atoms with E-state index in [2.05, 4.69) is 19.2 Å². The maximum atomic E-state index is 9.58. The second-order valence-corrected chi connectivity index (χ2v) is 4.76. The van der Waals surface area contributed by atoms with Crippen LogP contribution in [0.5, 0.6) is 0 Å². The Morgan fingerprint density at radius 1 is 1.47 bits per heavy atom. The van der Waals surface area contributed by atoms with Crippen LogP contribution in [0.1, 0.15) is 13.8 Å². The minimum Gasteiger partial charge on any atom is -0.389 e. The lowest BCUT2D eigenvalue weighted by Gasteiger charge is -2.13. The van der Waals surface area contributed by atoms with Crippen LogP contribution >= 0.6 is 11.3 Å². The van der Waals surface area contributed by atoms with Gasteiger partial charge in [0.05, 0.1) is 12.7 Å². The highest BCUT2D eigenvalue weighted by molar-refractivity contribution is 7.08. The number of aliphatic hydroxyl groups is 1. The molecule has 0 saturated carbocycles. The lowest BCUT2D eigenvalue weighted by Crippen LogP contribution is -2.25. The van der Waals surface area contributed by atoms with Crippen LogP contribution in [-0.2, 0) is 4.74 Å². The molecular formula is C11H19NO2S. The van der Waals surface area contributed by atoms with Crippen LogP contribution in [0.2, 0.25) is 0 Å². The highest BCUT2D eigenvalue weighted by Crippen LogP contribution is 2.11. The topological polar surface area (TPSA) is 41.5 Å². The van der Waals surface area contributed by atoms with Crippen LogP contribution in [0.25, 0.3) is 0 Å². The molecule has 86 valence electrons. The Labute approximate surface area is 95.1 Å². The SMILES string of the molecule is CC(C)COCC(O)CNc1ccsc1. The second-order valence-electron chi connectivity index (χ2n) is 3.98. The Kier molecular flexibility index (Phi) is 5.68. The third-order valence-electron chi connectivity index (χ3n) is 1.82. The van der Waals surface area contributed by atoms with Crippen LogP contribution in [0.4, 0.5) is 5.69 Å². The smallest absolute Gasteiger partial charge is 0.0945 e. The monoisotopic (exact) mass is 229 g/mol. The van der Waals surface area contributed by atoms with Crippen molar-refractivity contribution in [2.24, 2.45) is 5.92 Å². The summed E-state index contributed by atoms with van der Waals surface area (Å²) in [6, 6.07) is 1.99. The fourth-order valence-electron chi connectivity index (χ4n) is 1.10. The average Bonchev–Trinajstić information content (AvgIpc) is 2.66. The minimum atomic E-state index is -0.441. The van der Waals surface area contributed by atoms with E-state index in [1.165, 1.54) is 0 Å². The van der Waals surface area contributed by atoms with Gasteiger partial charge in [-0.3, -0.25) is 0 Å². The standard InChI is InChI=1S/C11H19NO2S/c1-9(2)6-14-7-11(13)5-12-10-3-4-15-8-10/h3-4,8-9,11-13H,5-7H2,1-2H3. The van der Waals surface area contributed by atoms with Gasteiger partial charge in [-0.1, -0.05) is 13.8 Å². The van der Waals surface area contributed by atoms with Gasteiger partial charge in [0, 0.05) is 24.2 Å². The highest BCUT2D eigenvalue weighted by Gasteiger charge is 2.04. The van der Waals surface area contributed by atoms with Crippen molar-refractivity contribution in [2.75, 3.05) is 25.1 Å². The molecule has 1 rings (SSSR count). The Hall–Kier alpha value is -0.580. The van der Waals surface area contributed by atoms with E-state index in [4.69, 9.17) is 4.74 Å². The molecule has 4 heteroatoms. The zero-order valence-corrected chi connectivity index (χ0v) is 10.1. The molecule has 1 unspecified atom stereocenters. The molecule has 0 aliphatic heterocycles. The summed E-state index contributed by atoms with van der Waals surface area (Å²) in [7, 11) is 0. The van der Waals surface area contributed by atoms with Crippen molar-refractivity contribution in [1.29, 1.82) is 0 Å². The summed E-state index contributed by atoms with van der Waals surface area (Å²) in [6.45, 7) is 5.83. The van der Waals surface area contributed by atoms with Crippen LogP contribution < -0.4 is 5.32 Å². The number of hydrogen-bond donors (Lipinski definition) is 2. The molecule has 0 saturated heterocycles. The van der Waals surface area contributed by atoms with E-state index in [-0.39, 0.29) is 0 Å². The number of thiophene rings is 1. The quantitative estimate of drug-likeness (QED) is 0.753. The highest BCUT2D eigenvalue weighted by atomic mass is 32.1. The van der Waals surface area contributed by atoms with Crippen molar-refractivity contribution < 1.29 is 9.84 Å². The largest absolute Gasteiger partial charge is 0.389 e. The lowest BCUT2D eigenvalue weighted by atomic mass is 10.2. The predicted octanol–water partition coefficient (Wildman–Crippen LogP) is 2.19. The van der Waals surface area contributed by atoms with Crippen LogP contribution in [0, 0.1) is 5.92 Å². The van der Waals surface area contributed by atoms with Gasteiger partial charge in [-0.25, -0.2) is 0 Å². The first-order chi connectivity index (χ1) is 7.18. The number of rotatable bonds is 7. The fourth-order valence-corrected chi connectivity index (χ4v) is 1.71. The molecule has 0 aromatic carbocycles. The van der Waals surface area contributed by atoms with E-state index < -0.39 is 6.10 Å². The molecular weight excluding hydrogens is 210 g/mol. The summed E-state index contributed by atoms with van der Waals surface area (Å²) < 4.78 is 5.34. The predicted molar refractivity (Wildman–Crippen MR) is 64.5 cm³/mol. The van der Waals surface area contributed by atoms with Gasteiger partial charge < -0.3 is 15.2 Å². The summed E-state index contributed by atoms with van der Waals surface area (Å²) in [5.41, 5.74) is 1.06. The molecule has 1 aromatic rings. The van der Waals surface area contributed by atoms with E-state index in [0.717, 1.165) is 5.69 Å². The second kappa shape index (κ2) is 6.82. The molecule has 0 spiro atoms. The summed E-state index contributed by atoms with van der Waals surface area (Å²) in [5.74, 6) is 0.516. The summed E-state index contributed by atoms with van der Waals surface area (Å²) in [4.78, 5) is 0. The van der Waals surface area contributed by atoms with Gasteiger partial charge in [0.25, 0.3) is 0 Å². The van der Waals surface area contributed by atoms with Crippen molar-refractivity contribution in [3.8, 4) is 0 Å². The lowest BCUT2D eigenvalue weighted by molar-refractivity contribution is 0.0318. The molecule has 0 aliphatic carbocycles. The molecule has 2 N–H and O–H groups in total. The minimum absolute atomic E-state index is 0.398. The van der Waals surface area contributed by atoms with E-state index in [1.807, 2.05) is 16.8 Å². The first kappa shape index (κ1) is 12.5. The molecule has 1 aromatic heterocycles. The van der Waals surface area contributed by atoms with Gasteiger partial charge in [0.1, 0.15) is 0 Å². The average molecular weight is 229 g/mol. The molecule has 0 radical (unpaired) electrons.